The van der Waals surface area contributed by atoms with Crippen LogP contribution in [0, 0.1) is 12.8 Å². The molecular formula is C15H20N2S. The molecule has 1 fully saturated rings. The minimum absolute atomic E-state index is 0.176. The topological polar surface area (TPSA) is 38.9 Å². The van der Waals surface area contributed by atoms with E-state index in [4.69, 9.17) is 10.7 Å². The first-order valence-corrected chi connectivity index (χ1v) is 7.55. The largest absolute Gasteiger partial charge is 0.319 e. The number of hydrogen-bond donors (Lipinski definition) is 1. The third-order valence-corrected chi connectivity index (χ3v) is 5.39. The normalized spacial score (nSPS) is 28.7. The van der Waals surface area contributed by atoms with Gasteiger partial charge in [0.25, 0.3) is 0 Å². The molecule has 1 aromatic heterocycles. The van der Waals surface area contributed by atoms with Crippen molar-refractivity contribution < 1.29 is 0 Å². The molecule has 2 N–H and O–H groups in total. The van der Waals surface area contributed by atoms with Crippen molar-refractivity contribution in [1.29, 1.82) is 0 Å². The third kappa shape index (κ3) is 2.06. The number of hydrogen-bond acceptors (Lipinski definition) is 3. The van der Waals surface area contributed by atoms with E-state index in [1.54, 1.807) is 11.3 Å². The van der Waals surface area contributed by atoms with Gasteiger partial charge in [-0.15, -0.1) is 11.3 Å². The van der Waals surface area contributed by atoms with Crippen LogP contribution < -0.4 is 5.73 Å². The van der Waals surface area contributed by atoms with Gasteiger partial charge in [0.2, 0.25) is 0 Å². The Labute approximate surface area is 112 Å². The van der Waals surface area contributed by atoms with E-state index < -0.39 is 0 Å². The number of aryl methyl sites for hydroxylation is 1. The first-order chi connectivity index (χ1) is 8.57. The zero-order valence-corrected chi connectivity index (χ0v) is 11.9. The molecule has 3 heteroatoms. The second-order valence-electron chi connectivity index (χ2n) is 5.83. The molecule has 1 aromatic carbocycles. The van der Waals surface area contributed by atoms with Crippen molar-refractivity contribution in [2.24, 2.45) is 11.7 Å². The summed E-state index contributed by atoms with van der Waals surface area (Å²) in [5.41, 5.74) is 8.79. The van der Waals surface area contributed by atoms with E-state index in [1.165, 1.54) is 23.1 Å². The lowest BCUT2D eigenvalue weighted by Crippen LogP contribution is -2.40. The van der Waals surface area contributed by atoms with Crippen molar-refractivity contribution in [3.8, 4) is 0 Å². The maximum Gasteiger partial charge on any atom is 0.114 e. The summed E-state index contributed by atoms with van der Waals surface area (Å²) in [6.07, 6.45) is 4.61. The number of nitrogens with zero attached hydrogens (tertiary/aromatic N) is 1. The van der Waals surface area contributed by atoms with E-state index in [1.807, 2.05) is 0 Å². The summed E-state index contributed by atoms with van der Waals surface area (Å²) in [7, 11) is 0. The van der Waals surface area contributed by atoms with E-state index in [2.05, 4.69) is 32.0 Å². The number of aromatic nitrogens is 1. The zero-order valence-electron chi connectivity index (χ0n) is 11.1. The van der Waals surface area contributed by atoms with E-state index in [0.29, 0.717) is 0 Å². The van der Waals surface area contributed by atoms with Crippen LogP contribution in [0.4, 0.5) is 0 Å². The average Bonchev–Trinajstić information content (AvgIpc) is 2.77. The molecule has 0 radical (unpaired) electrons. The molecule has 0 spiro atoms. The highest BCUT2D eigenvalue weighted by atomic mass is 32.1. The van der Waals surface area contributed by atoms with E-state index in [9.17, 15) is 0 Å². The molecule has 1 heterocycles. The second-order valence-corrected chi connectivity index (χ2v) is 6.86. The standard InChI is InChI=1S/C15H20N2S/c1-10-5-7-15(16,8-6-10)14-17-12-9-11(2)3-4-13(12)18-14/h3-4,9-10H,5-8,16H2,1-2H3. The fourth-order valence-electron chi connectivity index (χ4n) is 2.74. The van der Waals surface area contributed by atoms with Gasteiger partial charge in [-0.1, -0.05) is 13.0 Å². The summed E-state index contributed by atoms with van der Waals surface area (Å²) < 4.78 is 1.26. The predicted octanol–water partition coefficient (Wildman–Crippen LogP) is 3.97. The fraction of sp³-hybridized carbons (Fsp3) is 0.533. The Morgan fingerprint density at radius 1 is 1.33 bits per heavy atom. The fourth-order valence-corrected chi connectivity index (χ4v) is 3.85. The van der Waals surface area contributed by atoms with Gasteiger partial charge in [-0.05, 0) is 56.2 Å². The van der Waals surface area contributed by atoms with Crippen molar-refractivity contribution in [2.45, 2.75) is 45.1 Å². The summed E-state index contributed by atoms with van der Waals surface area (Å²) >= 11 is 1.78. The summed E-state index contributed by atoms with van der Waals surface area (Å²) in [5.74, 6) is 0.818. The van der Waals surface area contributed by atoms with Gasteiger partial charge in [-0.3, -0.25) is 0 Å². The quantitative estimate of drug-likeness (QED) is 0.842. The van der Waals surface area contributed by atoms with Gasteiger partial charge in [0.15, 0.2) is 0 Å². The van der Waals surface area contributed by atoms with E-state index in [-0.39, 0.29) is 5.54 Å². The molecule has 18 heavy (non-hydrogen) atoms. The van der Waals surface area contributed by atoms with Gasteiger partial charge < -0.3 is 5.73 Å². The molecular weight excluding hydrogens is 240 g/mol. The van der Waals surface area contributed by atoms with Crippen molar-refractivity contribution in [3.63, 3.8) is 0 Å². The number of benzene rings is 1. The molecule has 0 bridgehead atoms. The molecule has 0 saturated heterocycles. The molecule has 1 saturated carbocycles. The Bertz CT molecular complexity index is 565. The minimum atomic E-state index is -0.176. The molecule has 0 amide bonds. The lowest BCUT2D eigenvalue weighted by molar-refractivity contribution is 0.247. The summed E-state index contributed by atoms with van der Waals surface area (Å²) in [4.78, 5) is 4.79. The van der Waals surface area contributed by atoms with E-state index >= 15 is 0 Å². The minimum Gasteiger partial charge on any atom is -0.319 e. The summed E-state index contributed by atoms with van der Waals surface area (Å²) in [6.45, 7) is 4.43. The number of fused-ring (bicyclic) bond motifs is 1. The van der Waals surface area contributed by atoms with Gasteiger partial charge in [-0.2, -0.15) is 0 Å². The second kappa shape index (κ2) is 4.32. The first-order valence-electron chi connectivity index (χ1n) is 6.73. The Morgan fingerprint density at radius 2 is 2.06 bits per heavy atom. The van der Waals surface area contributed by atoms with Crippen molar-refractivity contribution >= 4 is 21.6 Å². The molecule has 0 unspecified atom stereocenters. The van der Waals surface area contributed by atoms with Crippen LogP contribution in [0.2, 0.25) is 0 Å². The monoisotopic (exact) mass is 260 g/mol. The molecule has 0 aliphatic heterocycles. The lowest BCUT2D eigenvalue weighted by atomic mass is 9.78. The van der Waals surface area contributed by atoms with Crippen LogP contribution in [-0.4, -0.2) is 4.98 Å². The van der Waals surface area contributed by atoms with Crippen LogP contribution in [0.25, 0.3) is 10.2 Å². The molecule has 2 aromatic rings. The zero-order chi connectivity index (χ0) is 12.8. The van der Waals surface area contributed by atoms with Gasteiger partial charge in [-0.25, -0.2) is 4.98 Å². The lowest BCUT2D eigenvalue weighted by Gasteiger charge is -2.34. The maximum atomic E-state index is 6.59. The highest BCUT2D eigenvalue weighted by Crippen LogP contribution is 2.40. The van der Waals surface area contributed by atoms with Gasteiger partial charge in [0, 0.05) is 0 Å². The molecule has 0 atom stereocenters. The number of thiazole rings is 1. The maximum absolute atomic E-state index is 6.59. The van der Waals surface area contributed by atoms with Crippen molar-refractivity contribution in [1.82, 2.24) is 4.98 Å². The van der Waals surface area contributed by atoms with Crippen LogP contribution in [-0.2, 0) is 5.54 Å². The van der Waals surface area contributed by atoms with Crippen molar-refractivity contribution in [3.05, 3.63) is 28.8 Å². The Hall–Kier alpha value is -0.930. The average molecular weight is 260 g/mol. The molecule has 3 rings (SSSR count). The van der Waals surface area contributed by atoms with Gasteiger partial charge >= 0.3 is 0 Å². The first kappa shape index (κ1) is 12.1. The van der Waals surface area contributed by atoms with Gasteiger partial charge in [0.05, 0.1) is 15.8 Å². The number of rotatable bonds is 1. The van der Waals surface area contributed by atoms with Crippen LogP contribution in [0.3, 0.4) is 0 Å². The molecule has 96 valence electrons. The molecule has 2 nitrogen and oxygen atoms in total. The van der Waals surface area contributed by atoms with Crippen LogP contribution in [0.5, 0.6) is 0 Å². The summed E-state index contributed by atoms with van der Waals surface area (Å²) in [5, 5.41) is 1.13. The van der Waals surface area contributed by atoms with Crippen LogP contribution >= 0.6 is 11.3 Å². The van der Waals surface area contributed by atoms with Crippen LogP contribution in [0.1, 0.15) is 43.2 Å². The van der Waals surface area contributed by atoms with Crippen molar-refractivity contribution in [2.75, 3.05) is 0 Å². The molecule has 1 aliphatic carbocycles. The Balaban J connectivity index is 1.98. The smallest absolute Gasteiger partial charge is 0.114 e. The van der Waals surface area contributed by atoms with Gasteiger partial charge in [0.1, 0.15) is 5.01 Å². The SMILES string of the molecule is Cc1ccc2sc(C3(N)CCC(C)CC3)nc2c1. The van der Waals surface area contributed by atoms with E-state index in [0.717, 1.165) is 29.3 Å². The summed E-state index contributed by atoms with van der Waals surface area (Å²) in [6, 6.07) is 6.47. The highest BCUT2D eigenvalue weighted by molar-refractivity contribution is 7.18. The Morgan fingerprint density at radius 3 is 2.78 bits per heavy atom. The van der Waals surface area contributed by atoms with Crippen LogP contribution in [0.15, 0.2) is 18.2 Å². The third-order valence-electron chi connectivity index (χ3n) is 4.14. The predicted molar refractivity (Wildman–Crippen MR) is 77.9 cm³/mol. The highest BCUT2D eigenvalue weighted by Gasteiger charge is 2.34. The number of nitrogens with two attached hydrogens (primary N) is 1. The Kier molecular flexibility index (Phi) is 2.91. The molecule has 1 aliphatic rings.